The molecule has 0 radical (unpaired) electrons. The molecule has 1 aromatic rings. The monoisotopic (exact) mass is 445 g/mol. The molecule has 0 aromatic heterocycles. The smallest absolute Gasteiger partial charge is 0.236 e. The maximum atomic E-state index is 14.3. The summed E-state index contributed by atoms with van der Waals surface area (Å²) >= 11 is -1.42. The Bertz CT molecular complexity index is 775. The largest absolute Gasteiger partial charge is 0.598 e. The number of amides is 1. The van der Waals surface area contributed by atoms with Gasteiger partial charge in [0.25, 0.3) is 0 Å². The molecule has 1 aromatic carbocycles. The lowest BCUT2D eigenvalue weighted by atomic mass is 9.82. The van der Waals surface area contributed by atoms with E-state index >= 15 is 0 Å². The second-order valence-electron chi connectivity index (χ2n) is 9.29. The van der Waals surface area contributed by atoms with Crippen LogP contribution in [-0.2, 0) is 22.6 Å². The third-order valence-electron chi connectivity index (χ3n) is 6.14. The fourth-order valence-corrected chi connectivity index (χ4v) is 5.54. The second kappa shape index (κ2) is 9.06. The SMILES string of the molecule is CC(C)(C)[S+]([O-])N[C@@H](Cc1cc(F)c(F)cc1F)C1CC2CCC(C1)N2C(=O)CN. The first kappa shape index (κ1) is 23.4. The molecule has 0 aliphatic carbocycles. The Kier molecular flexibility index (Phi) is 7.06. The number of carbonyl (C=O) groups is 1. The van der Waals surface area contributed by atoms with E-state index in [2.05, 4.69) is 4.72 Å². The third kappa shape index (κ3) is 4.95. The second-order valence-corrected chi connectivity index (χ2v) is 11.3. The van der Waals surface area contributed by atoms with E-state index in [0.29, 0.717) is 18.9 Å². The van der Waals surface area contributed by atoms with Crippen LogP contribution in [-0.4, -0.2) is 44.8 Å². The molecule has 168 valence electrons. The van der Waals surface area contributed by atoms with Gasteiger partial charge in [-0.2, -0.15) is 0 Å². The minimum absolute atomic E-state index is 0.0168. The summed E-state index contributed by atoms with van der Waals surface area (Å²) in [5.41, 5.74) is 5.60. The minimum Gasteiger partial charge on any atom is -0.598 e. The van der Waals surface area contributed by atoms with Crippen molar-refractivity contribution in [2.24, 2.45) is 11.7 Å². The van der Waals surface area contributed by atoms with Gasteiger partial charge < -0.3 is 15.2 Å². The fraction of sp³-hybridized carbons (Fsp3) is 0.667. The number of nitrogens with one attached hydrogen (secondary N) is 1. The van der Waals surface area contributed by atoms with E-state index in [0.717, 1.165) is 18.9 Å². The number of rotatable bonds is 6. The molecule has 2 heterocycles. The average Bonchev–Trinajstić information content (AvgIpc) is 2.93. The maximum absolute atomic E-state index is 14.3. The molecule has 5 nitrogen and oxygen atoms in total. The van der Waals surface area contributed by atoms with Crippen molar-refractivity contribution in [3.63, 3.8) is 0 Å². The summed E-state index contributed by atoms with van der Waals surface area (Å²) in [6.07, 6.45) is 3.18. The van der Waals surface area contributed by atoms with Gasteiger partial charge in [-0.15, -0.1) is 4.72 Å². The minimum atomic E-state index is -1.42. The molecular weight excluding hydrogens is 415 g/mol. The molecule has 9 heteroatoms. The number of piperidine rings is 1. The zero-order valence-corrected chi connectivity index (χ0v) is 18.4. The summed E-state index contributed by atoms with van der Waals surface area (Å²) < 4.78 is 56.8. The van der Waals surface area contributed by atoms with E-state index in [-0.39, 0.29) is 42.4 Å². The first-order valence-corrected chi connectivity index (χ1v) is 11.5. The number of carbonyl (C=O) groups excluding carboxylic acids is 1. The molecule has 2 fully saturated rings. The quantitative estimate of drug-likeness (QED) is 0.521. The van der Waals surface area contributed by atoms with Crippen molar-refractivity contribution in [2.45, 2.75) is 75.7 Å². The molecular formula is C21H30F3N3O2S. The third-order valence-corrected chi connectivity index (χ3v) is 7.77. The zero-order chi connectivity index (χ0) is 22.2. The first-order valence-electron chi connectivity index (χ1n) is 10.3. The van der Waals surface area contributed by atoms with Crippen LogP contribution >= 0.6 is 0 Å². The van der Waals surface area contributed by atoms with Crippen molar-refractivity contribution in [3.05, 3.63) is 35.1 Å². The average molecular weight is 446 g/mol. The summed E-state index contributed by atoms with van der Waals surface area (Å²) in [4.78, 5) is 14.1. The Balaban J connectivity index is 1.84. The molecule has 30 heavy (non-hydrogen) atoms. The Labute approximate surface area is 178 Å². The Morgan fingerprint density at radius 2 is 1.77 bits per heavy atom. The lowest BCUT2D eigenvalue weighted by Gasteiger charge is -2.42. The molecule has 0 saturated carbocycles. The zero-order valence-electron chi connectivity index (χ0n) is 17.6. The molecule has 3 rings (SSSR count). The predicted octanol–water partition coefficient (Wildman–Crippen LogP) is 2.80. The first-order chi connectivity index (χ1) is 14.0. The standard InChI is InChI=1S/C21H30F3N3O2S/c1-21(2,3)30(29)26-19(9-12-8-17(23)18(24)10-16(12)22)13-6-14-4-5-15(7-13)27(14)20(28)11-25/h8,10,13-15,19,26H,4-7,9,11,25H2,1-3H3/t13?,14?,15?,19-,30?/m0/s1. The van der Waals surface area contributed by atoms with Crippen LogP contribution < -0.4 is 10.5 Å². The number of nitrogens with two attached hydrogens (primary N) is 1. The normalized spacial score (nSPS) is 26.0. The van der Waals surface area contributed by atoms with Crippen molar-refractivity contribution in [2.75, 3.05) is 6.54 Å². The number of fused-ring (bicyclic) bond motifs is 2. The van der Waals surface area contributed by atoms with Crippen molar-refractivity contribution in [3.8, 4) is 0 Å². The van der Waals surface area contributed by atoms with E-state index in [1.807, 2.05) is 25.7 Å². The van der Waals surface area contributed by atoms with Crippen LogP contribution in [0.5, 0.6) is 0 Å². The van der Waals surface area contributed by atoms with Crippen LogP contribution in [0.25, 0.3) is 0 Å². The van der Waals surface area contributed by atoms with Crippen molar-refractivity contribution in [1.82, 2.24) is 9.62 Å². The fourth-order valence-electron chi connectivity index (χ4n) is 4.64. The van der Waals surface area contributed by atoms with Crippen LogP contribution in [0.3, 0.4) is 0 Å². The molecule has 0 spiro atoms. The van der Waals surface area contributed by atoms with E-state index in [9.17, 15) is 22.5 Å². The van der Waals surface area contributed by atoms with Crippen molar-refractivity contribution >= 4 is 17.3 Å². The van der Waals surface area contributed by atoms with Gasteiger partial charge in [0.15, 0.2) is 11.6 Å². The van der Waals surface area contributed by atoms with Crippen LogP contribution in [0, 0.1) is 23.4 Å². The maximum Gasteiger partial charge on any atom is 0.236 e. The van der Waals surface area contributed by atoms with Crippen LogP contribution in [0.15, 0.2) is 12.1 Å². The van der Waals surface area contributed by atoms with Crippen molar-refractivity contribution < 1.29 is 22.5 Å². The molecule has 1 amide bonds. The summed E-state index contributed by atoms with van der Waals surface area (Å²) in [5, 5.41) is 0. The van der Waals surface area contributed by atoms with E-state index in [4.69, 9.17) is 5.73 Å². The number of hydrogen-bond donors (Lipinski definition) is 2. The molecule has 4 atom stereocenters. The van der Waals surface area contributed by atoms with E-state index in [1.54, 1.807) is 0 Å². The lowest BCUT2D eigenvalue weighted by molar-refractivity contribution is -0.135. The highest BCUT2D eigenvalue weighted by Crippen LogP contribution is 2.41. The Morgan fingerprint density at radius 3 is 2.30 bits per heavy atom. The molecule has 2 bridgehead atoms. The number of benzene rings is 1. The topological polar surface area (TPSA) is 81.4 Å². The lowest BCUT2D eigenvalue weighted by Crippen LogP contribution is -2.54. The summed E-state index contributed by atoms with van der Waals surface area (Å²) in [7, 11) is 0. The van der Waals surface area contributed by atoms with Gasteiger partial charge >= 0.3 is 0 Å². The van der Waals surface area contributed by atoms with Crippen LogP contribution in [0.1, 0.15) is 52.0 Å². The van der Waals surface area contributed by atoms with Gasteiger partial charge in [0.05, 0.1) is 12.6 Å². The number of halogens is 3. The van der Waals surface area contributed by atoms with Gasteiger partial charge in [-0.25, -0.2) is 13.2 Å². The highest BCUT2D eigenvalue weighted by atomic mass is 32.2. The van der Waals surface area contributed by atoms with Gasteiger partial charge in [0, 0.05) is 29.5 Å². The summed E-state index contributed by atoms with van der Waals surface area (Å²) in [6, 6.07) is 1.12. The van der Waals surface area contributed by atoms with Gasteiger partial charge in [0.2, 0.25) is 5.91 Å². The highest BCUT2D eigenvalue weighted by molar-refractivity contribution is 7.90. The molecule has 2 aliphatic heterocycles. The number of hydrogen-bond acceptors (Lipinski definition) is 4. The van der Waals surface area contributed by atoms with Gasteiger partial charge in [-0.05, 0) is 70.4 Å². The van der Waals surface area contributed by atoms with Gasteiger partial charge in [0.1, 0.15) is 10.6 Å². The van der Waals surface area contributed by atoms with E-state index < -0.39 is 39.6 Å². The molecule has 3 unspecified atom stereocenters. The van der Waals surface area contributed by atoms with Crippen molar-refractivity contribution in [1.29, 1.82) is 0 Å². The summed E-state index contributed by atoms with van der Waals surface area (Å²) in [6.45, 7) is 5.46. The molecule has 2 aliphatic rings. The summed E-state index contributed by atoms with van der Waals surface area (Å²) in [5.74, 6) is -3.21. The van der Waals surface area contributed by atoms with E-state index in [1.165, 1.54) is 0 Å². The van der Waals surface area contributed by atoms with Crippen LogP contribution in [0.2, 0.25) is 0 Å². The number of nitrogens with zero attached hydrogens (tertiary/aromatic N) is 1. The van der Waals surface area contributed by atoms with Gasteiger partial charge in [-0.3, -0.25) is 4.79 Å². The Hall–Kier alpha value is -1.29. The molecule has 3 N–H and O–H groups in total. The predicted molar refractivity (Wildman–Crippen MR) is 110 cm³/mol. The van der Waals surface area contributed by atoms with Crippen LogP contribution in [0.4, 0.5) is 13.2 Å². The highest BCUT2D eigenvalue weighted by Gasteiger charge is 2.46. The molecule has 2 saturated heterocycles. The van der Waals surface area contributed by atoms with Gasteiger partial charge in [-0.1, -0.05) is 0 Å². The Morgan fingerprint density at radius 1 is 1.20 bits per heavy atom.